The molecule has 0 N–H and O–H groups in total. The number of amides is 1. The van der Waals surface area contributed by atoms with E-state index in [2.05, 4.69) is 10.2 Å². The van der Waals surface area contributed by atoms with Gasteiger partial charge in [-0.3, -0.25) is 19.8 Å². The first-order valence-corrected chi connectivity index (χ1v) is 10.6. The van der Waals surface area contributed by atoms with Gasteiger partial charge in [0, 0.05) is 23.3 Å². The zero-order valence-electron chi connectivity index (χ0n) is 17.5. The Balaban J connectivity index is 1.64. The Bertz CT molecular complexity index is 1270. The van der Waals surface area contributed by atoms with Crippen LogP contribution in [-0.4, -0.2) is 34.2 Å². The van der Waals surface area contributed by atoms with Gasteiger partial charge in [0.15, 0.2) is 5.17 Å². The molecule has 0 bridgehead atoms. The number of nitro benzene ring substituents is 1. The van der Waals surface area contributed by atoms with Crippen LogP contribution in [0.4, 0.5) is 5.69 Å². The third kappa shape index (κ3) is 5.18. The summed E-state index contributed by atoms with van der Waals surface area (Å²) in [5.74, 6) is 0.995. The molecule has 33 heavy (non-hydrogen) atoms. The number of benzene rings is 2. The number of methoxy groups -OCH3 is 1. The highest BCUT2D eigenvalue weighted by Gasteiger charge is 2.34. The number of carbonyl (C=O) groups excluding carboxylic acids is 1. The second kappa shape index (κ2) is 9.96. The molecule has 9 nitrogen and oxygen atoms in total. The predicted octanol–water partition coefficient (Wildman–Crippen LogP) is 4.70. The van der Waals surface area contributed by atoms with Gasteiger partial charge in [0.2, 0.25) is 0 Å². The monoisotopic (exact) mass is 462 g/mol. The van der Waals surface area contributed by atoms with Gasteiger partial charge in [0.25, 0.3) is 11.6 Å². The number of para-hydroxylation sites is 1. The van der Waals surface area contributed by atoms with Gasteiger partial charge in [-0.25, -0.2) is 0 Å². The minimum atomic E-state index is -0.477. The van der Waals surface area contributed by atoms with Crippen LogP contribution in [0.2, 0.25) is 0 Å². The van der Waals surface area contributed by atoms with Crippen molar-refractivity contribution >= 4 is 40.8 Å². The third-order valence-electron chi connectivity index (χ3n) is 4.64. The second-order valence-corrected chi connectivity index (χ2v) is 7.81. The van der Waals surface area contributed by atoms with Crippen molar-refractivity contribution in [3.8, 4) is 5.75 Å². The summed E-state index contributed by atoms with van der Waals surface area (Å²) < 4.78 is 10.8. The number of ether oxygens (including phenoxy) is 1. The molecule has 3 aromatic rings. The summed E-state index contributed by atoms with van der Waals surface area (Å²) in [5, 5.41) is 19.6. The third-order valence-corrected chi connectivity index (χ3v) is 5.64. The fraction of sp³-hybridized carbons (Fsp3) is 0.0870. The molecule has 0 saturated carbocycles. The van der Waals surface area contributed by atoms with Crippen LogP contribution in [0.1, 0.15) is 16.9 Å². The maximum absolute atomic E-state index is 13.1. The maximum Gasteiger partial charge on any atom is 0.270 e. The Kier molecular flexibility index (Phi) is 6.65. The van der Waals surface area contributed by atoms with Crippen molar-refractivity contribution in [2.24, 2.45) is 10.2 Å². The minimum Gasteiger partial charge on any atom is -0.496 e. The zero-order valence-corrected chi connectivity index (χ0v) is 18.3. The van der Waals surface area contributed by atoms with Crippen LogP contribution in [-0.2, 0) is 11.3 Å². The van der Waals surface area contributed by atoms with Gasteiger partial charge in [-0.2, -0.15) is 5.10 Å². The SMILES string of the molecule is COc1ccccc1/C=C1\S/C(=N/N=C\c2cccc([N+](=O)[O-])c2)N(Cc2ccco2)C1=O. The molecule has 2 heterocycles. The van der Waals surface area contributed by atoms with E-state index in [-0.39, 0.29) is 18.1 Å². The van der Waals surface area contributed by atoms with Crippen LogP contribution >= 0.6 is 11.8 Å². The Morgan fingerprint density at radius 1 is 1.18 bits per heavy atom. The lowest BCUT2D eigenvalue weighted by Gasteiger charge is -2.12. The van der Waals surface area contributed by atoms with E-state index < -0.39 is 4.92 Å². The Morgan fingerprint density at radius 2 is 2.03 bits per heavy atom. The molecule has 1 fully saturated rings. The average molecular weight is 462 g/mol. The van der Waals surface area contributed by atoms with Crippen molar-refractivity contribution in [1.29, 1.82) is 0 Å². The van der Waals surface area contributed by atoms with Crippen molar-refractivity contribution < 1.29 is 18.9 Å². The lowest BCUT2D eigenvalue weighted by Crippen LogP contribution is -2.28. The molecule has 166 valence electrons. The van der Waals surface area contributed by atoms with Crippen molar-refractivity contribution in [2.75, 3.05) is 7.11 Å². The molecule has 2 aromatic carbocycles. The number of nitro groups is 1. The van der Waals surface area contributed by atoms with Gasteiger partial charge < -0.3 is 9.15 Å². The molecule has 10 heteroatoms. The van der Waals surface area contributed by atoms with E-state index in [1.807, 2.05) is 24.3 Å². The molecule has 1 aliphatic rings. The smallest absolute Gasteiger partial charge is 0.270 e. The van der Waals surface area contributed by atoms with E-state index >= 15 is 0 Å². The van der Waals surface area contributed by atoms with Gasteiger partial charge in [0.1, 0.15) is 11.5 Å². The molecule has 1 saturated heterocycles. The largest absolute Gasteiger partial charge is 0.496 e. The molecular formula is C23H18N4O5S. The standard InChI is InChI=1S/C23H18N4O5S/c1-31-20-10-3-2-7-17(20)13-21-22(28)26(15-19-9-5-11-32-19)23(33-21)25-24-14-16-6-4-8-18(12-16)27(29)30/h2-14H,15H2,1H3/b21-13-,24-14-,25-23+. The van der Waals surface area contributed by atoms with E-state index in [9.17, 15) is 14.9 Å². The maximum atomic E-state index is 13.1. The van der Waals surface area contributed by atoms with Crippen LogP contribution in [0, 0.1) is 10.1 Å². The summed E-state index contributed by atoms with van der Waals surface area (Å²) >= 11 is 1.17. The molecule has 4 rings (SSSR count). The normalized spacial score (nSPS) is 16.3. The first kappa shape index (κ1) is 22.0. The van der Waals surface area contributed by atoms with Crippen molar-refractivity contribution in [3.05, 3.63) is 98.8 Å². The van der Waals surface area contributed by atoms with Crippen molar-refractivity contribution in [3.63, 3.8) is 0 Å². The van der Waals surface area contributed by atoms with Gasteiger partial charge in [-0.05, 0) is 36.0 Å². The highest BCUT2D eigenvalue weighted by molar-refractivity contribution is 8.18. The summed E-state index contributed by atoms with van der Waals surface area (Å²) in [6.45, 7) is 0.188. The van der Waals surface area contributed by atoms with Gasteiger partial charge >= 0.3 is 0 Å². The summed E-state index contributed by atoms with van der Waals surface area (Å²) in [4.78, 5) is 25.6. The van der Waals surface area contributed by atoms with Gasteiger partial charge in [-0.1, -0.05) is 30.3 Å². The number of nitrogens with zero attached hydrogens (tertiary/aromatic N) is 4. The number of thioether (sulfide) groups is 1. The molecule has 0 aliphatic carbocycles. The zero-order chi connectivity index (χ0) is 23.2. The number of hydrogen-bond donors (Lipinski definition) is 0. The molecule has 0 spiro atoms. The highest BCUT2D eigenvalue weighted by Crippen LogP contribution is 2.35. The first-order chi connectivity index (χ1) is 16.0. The minimum absolute atomic E-state index is 0.0431. The molecular weight excluding hydrogens is 444 g/mol. The Labute approximate surface area is 193 Å². The summed E-state index contributed by atoms with van der Waals surface area (Å²) in [6.07, 6.45) is 4.68. The van der Waals surface area contributed by atoms with E-state index in [4.69, 9.17) is 9.15 Å². The fourth-order valence-electron chi connectivity index (χ4n) is 3.07. The van der Waals surface area contributed by atoms with Crippen LogP contribution in [0.25, 0.3) is 6.08 Å². The van der Waals surface area contributed by atoms with Crippen LogP contribution in [0.15, 0.2) is 86.5 Å². The van der Waals surface area contributed by atoms with E-state index in [1.54, 1.807) is 37.5 Å². The predicted molar refractivity (Wildman–Crippen MR) is 126 cm³/mol. The van der Waals surface area contributed by atoms with Crippen molar-refractivity contribution in [2.45, 2.75) is 6.54 Å². The number of amidine groups is 1. The lowest BCUT2D eigenvalue weighted by molar-refractivity contribution is -0.384. The molecule has 1 aliphatic heterocycles. The molecule has 0 radical (unpaired) electrons. The number of hydrogen-bond acceptors (Lipinski definition) is 8. The van der Waals surface area contributed by atoms with Crippen LogP contribution in [0.3, 0.4) is 0 Å². The molecule has 1 aromatic heterocycles. The average Bonchev–Trinajstić information content (AvgIpc) is 3.44. The fourth-order valence-corrected chi connectivity index (χ4v) is 4.00. The van der Waals surface area contributed by atoms with Crippen LogP contribution in [0.5, 0.6) is 5.75 Å². The summed E-state index contributed by atoms with van der Waals surface area (Å²) in [6, 6.07) is 16.9. The van der Waals surface area contributed by atoms with Gasteiger partial charge in [0.05, 0.1) is 36.0 Å². The lowest BCUT2D eigenvalue weighted by atomic mass is 10.2. The second-order valence-electron chi connectivity index (χ2n) is 6.80. The van der Waals surface area contributed by atoms with E-state index in [1.165, 1.54) is 41.3 Å². The number of carbonyl (C=O) groups is 1. The Hall–Kier alpha value is -4.18. The quantitative estimate of drug-likeness (QED) is 0.218. The van der Waals surface area contributed by atoms with Crippen LogP contribution < -0.4 is 4.74 Å². The number of rotatable bonds is 7. The molecule has 0 atom stereocenters. The number of furan rings is 1. The van der Waals surface area contributed by atoms with E-state index in [0.29, 0.717) is 27.1 Å². The topological polar surface area (TPSA) is 111 Å². The van der Waals surface area contributed by atoms with Gasteiger partial charge in [-0.15, -0.1) is 5.10 Å². The summed E-state index contributed by atoms with van der Waals surface area (Å²) in [7, 11) is 1.57. The summed E-state index contributed by atoms with van der Waals surface area (Å²) in [5.41, 5.74) is 1.24. The Morgan fingerprint density at radius 3 is 2.79 bits per heavy atom. The molecule has 0 unspecified atom stereocenters. The number of non-ortho nitro benzene ring substituents is 1. The van der Waals surface area contributed by atoms with E-state index in [0.717, 1.165) is 5.56 Å². The van der Waals surface area contributed by atoms with Crippen molar-refractivity contribution in [1.82, 2.24) is 4.90 Å². The first-order valence-electron chi connectivity index (χ1n) is 9.77. The highest BCUT2D eigenvalue weighted by atomic mass is 32.2. The molecule has 1 amide bonds.